The molecule has 1 aliphatic carbocycles. The Balaban J connectivity index is 1.14. The van der Waals surface area contributed by atoms with Gasteiger partial charge in [0.1, 0.15) is 17.8 Å². The summed E-state index contributed by atoms with van der Waals surface area (Å²) in [5, 5.41) is 3.91. The first kappa shape index (κ1) is 21.4. The molecular weight excluding hydrogens is 420 g/mol. The number of piperidine rings is 1. The molecule has 0 radical (unpaired) electrons. The molecule has 10 heteroatoms. The van der Waals surface area contributed by atoms with Crippen molar-refractivity contribution in [3.8, 4) is 5.88 Å². The van der Waals surface area contributed by atoms with Crippen molar-refractivity contribution < 1.29 is 9.53 Å². The number of nitrogens with one attached hydrogen (secondary N) is 2. The average Bonchev–Trinajstić information content (AvgIpc) is 3.34. The summed E-state index contributed by atoms with van der Waals surface area (Å²) in [7, 11) is 3.68. The number of ether oxygens (including phenoxy) is 1. The van der Waals surface area contributed by atoms with Crippen LogP contribution in [-0.4, -0.2) is 69.1 Å². The molecule has 1 aliphatic heterocycles. The maximum absolute atomic E-state index is 12.7. The smallest absolute Gasteiger partial charge is 0.323 e. The van der Waals surface area contributed by atoms with Crippen LogP contribution < -0.4 is 15.0 Å². The predicted octanol–water partition coefficient (Wildman–Crippen LogP) is 3.45. The normalized spacial score (nSPS) is 18.4. The first-order valence-corrected chi connectivity index (χ1v) is 11.5. The second-order valence-corrected chi connectivity index (χ2v) is 9.14. The summed E-state index contributed by atoms with van der Waals surface area (Å²) in [5.41, 5.74) is 1.22. The zero-order chi connectivity index (χ0) is 22.8. The molecule has 33 heavy (non-hydrogen) atoms. The Morgan fingerprint density at radius 2 is 1.94 bits per heavy atom. The van der Waals surface area contributed by atoms with Gasteiger partial charge in [0.05, 0.1) is 24.9 Å². The van der Waals surface area contributed by atoms with E-state index in [-0.39, 0.29) is 6.03 Å². The Morgan fingerprint density at radius 1 is 1.15 bits per heavy atom. The van der Waals surface area contributed by atoms with Crippen LogP contribution in [-0.2, 0) is 0 Å². The topological polar surface area (TPSA) is 112 Å². The number of aromatic amines is 1. The van der Waals surface area contributed by atoms with Gasteiger partial charge in [-0.25, -0.2) is 24.7 Å². The van der Waals surface area contributed by atoms with Gasteiger partial charge in [-0.1, -0.05) is 0 Å². The third-order valence-corrected chi connectivity index (χ3v) is 7.41. The molecule has 1 spiro atoms. The summed E-state index contributed by atoms with van der Waals surface area (Å²) in [6, 6.07) is 2.40. The number of amides is 2. The molecule has 0 bridgehead atoms. The molecule has 0 atom stereocenters. The van der Waals surface area contributed by atoms with Gasteiger partial charge in [0, 0.05) is 32.4 Å². The van der Waals surface area contributed by atoms with Gasteiger partial charge in [0.15, 0.2) is 5.82 Å². The van der Waals surface area contributed by atoms with Crippen molar-refractivity contribution in [3.05, 3.63) is 31.0 Å². The van der Waals surface area contributed by atoms with Crippen LogP contribution in [0.4, 0.5) is 16.4 Å². The van der Waals surface area contributed by atoms with Crippen molar-refractivity contribution in [2.45, 2.75) is 44.6 Å². The highest BCUT2D eigenvalue weighted by molar-refractivity contribution is 5.88. The van der Waals surface area contributed by atoms with Gasteiger partial charge >= 0.3 is 6.03 Å². The molecule has 2 aliphatic rings. The van der Waals surface area contributed by atoms with E-state index in [2.05, 4.69) is 42.2 Å². The van der Waals surface area contributed by atoms with E-state index in [0.717, 1.165) is 55.6 Å². The van der Waals surface area contributed by atoms with Crippen molar-refractivity contribution in [2.24, 2.45) is 5.41 Å². The fraction of sp³-hybridized carbons (Fsp3) is 0.522. The molecule has 2 N–H and O–H groups in total. The lowest BCUT2D eigenvalue weighted by Crippen LogP contribution is -2.48. The third-order valence-electron chi connectivity index (χ3n) is 7.41. The summed E-state index contributed by atoms with van der Waals surface area (Å²) in [6.07, 6.45) is 13.3. The van der Waals surface area contributed by atoms with Crippen molar-refractivity contribution >= 4 is 28.7 Å². The van der Waals surface area contributed by atoms with Gasteiger partial charge in [0.2, 0.25) is 5.88 Å². The van der Waals surface area contributed by atoms with E-state index >= 15 is 0 Å². The number of hydrogen-bond acceptors (Lipinski definition) is 7. The molecule has 3 aromatic rings. The van der Waals surface area contributed by atoms with Crippen LogP contribution in [0, 0.1) is 5.41 Å². The highest BCUT2D eigenvalue weighted by Gasteiger charge is 2.40. The number of anilines is 2. The molecule has 2 amide bonds. The number of hydrogen-bond donors (Lipinski definition) is 2. The molecule has 1 saturated carbocycles. The largest absolute Gasteiger partial charge is 0.480 e. The predicted molar refractivity (Wildman–Crippen MR) is 125 cm³/mol. The van der Waals surface area contributed by atoms with E-state index in [0.29, 0.717) is 23.2 Å². The standard InChI is InChI=1S/C23H30N8O2/c1-30(21-17-5-10-24-20(17)27-15-28-21)16-3-6-23(7-4-16)8-11-31(12-9-23)22(32)29-18-13-26-19(33-2)14-25-18/h5,10,13-16H,3-4,6-9,11-12H2,1-2H3,(H,24,27,28)(H,25,29,32). The lowest BCUT2D eigenvalue weighted by molar-refractivity contribution is 0.0786. The number of fused-ring (bicyclic) bond motifs is 1. The summed E-state index contributed by atoms with van der Waals surface area (Å²) in [4.78, 5) is 37.2. The number of likely N-dealkylation sites (tertiary alicyclic amines) is 1. The van der Waals surface area contributed by atoms with Crippen molar-refractivity contribution in [1.82, 2.24) is 29.8 Å². The Hall–Kier alpha value is -3.43. The lowest BCUT2D eigenvalue weighted by atomic mass is 9.67. The van der Waals surface area contributed by atoms with E-state index in [4.69, 9.17) is 4.74 Å². The third kappa shape index (κ3) is 4.29. The first-order chi connectivity index (χ1) is 16.1. The van der Waals surface area contributed by atoms with Crippen molar-refractivity contribution in [3.63, 3.8) is 0 Å². The van der Waals surface area contributed by atoms with Gasteiger partial charge in [0.25, 0.3) is 0 Å². The minimum atomic E-state index is -0.114. The summed E-state index contributed by atoms with van der Waals surface area (Å²) >= 11 is 0. The van der Waals surface area contributed by atoms with E-state index in [1.54, 1.807) is 6.33 Å². The Morgan fingerprint density at radius 3 is 2.64 bits per heavy atom. The SMILES string of the molecule is COc1cnc(NC(=O)N2CCC3(CCC(N(C)c4ncnc5[nH]ccc45)CC3)CC2)cn1. The lowest BCUT2D eigenvalue weighted by Gasteiger charge is -2.47. The quantitative estimate of drug-likeness (QED) is 0.626. The van der Waals surface area contributed by atoms with E-state index in [1.807, 2.05) is 17.2 Å². The number of aromatic nitrogens is 5. The van der Waals surface area contributed by atoms with E-state index < -0.39 is 0 Å². The van der Waals surface area contributed by atoms with Crippen LogP contribution in [0.1, 0.15) is 38.5 Å². The number of rotatable bonds is 4. The molecule has 5 rings (SSSR count). The number of carbonyl (C=O) groups is 1. The van der Waals surface area contributed by atoms with Crippen LogP contribution in [0.5, 0.6) is 5.88 Å². The maximum Gasteiger partial charge on any atom is 0.323 e. The molecular formula is C23H30N8O2. The Labute approximate surface area is 192 Å². The second-order valence-electron chi connectivity index (χ2n) is 9.14. The highest BCUT2D eigenvalue weighted by Crippen LogP contribution is 2.46. The minimum Gasteiger partial charge on any atom is -0.480 e. The van der Waals surface area contributed by atoms with E-state index in [1.165, 1.54) is 32.3 Å². The fourth-order valence-corrected chi connectivity index (χ4v) is 5.27. The second kappa shape index (κ2) is 8.84. The molecule has 2 fully saturated rings. The zero-order valence-corrected chi connectivity index (χ0v) is 19.1. The number of methoxy groups -OCH3 is 1. The Kier molecular flexibility index (Phi) is 5.74. The fourth-order valence-electron chi connectivity index (χ4n) is 5.27. The molecule has 4 heterocycles. The number of nitrogens with zero attached hydrogens (tertiary/aromatic N) is 6. The zero-order valence-electron chi connectivity index (χ0n) is 19.1. The molecule has 3 aromatic heterocycles. The average molecular weight is 451 g/mol. The van der Waals surface area contributed by atoms with Crippen molar-refractivity contribution in [1.29, 1.82) is 0 Å². The number of H-pyrrole nitrogens is 1. The number of urea groups is 1. The van der Waals surface area contributed by atoms with Crippen LogP contribution in [0.3, 0.4) is 0 Å². The van der Waals surface area contributed by atoms with Crippen LogP contribution in [0.15, 0.2) is 31.0 Å². The van der Waals surface area contributed by atoms with Crippen LogP contribution >= 0.6 is 0 Å². The minimum absolute atomic E-state index is 0.114. The first-order valence-electron chi connectivity index (χ1n) is 11.5. The summed E-state index contributed by atoms with van der Waals surface area (Å²) in [5.74, 6) is 1.85. The molecule has 1 saturated heterocycles. The van der Waals surface area contributed by atoms with Crippen molar-refractivity contribution in [2.75, 3.05) is 37.5 Å². The van der Waals surface area contributed by atoms with Crippen LogP contribution in [0.2, 0.25) is 0 Å². The van der Waals surface area contributed by atoms with Gasteiger partial charge in [-0.2, -0.15) is 0 Å². The summed E-state index contributed by atoms with van der Waals surface area (Å²) in [6.45, 7) is 1.54. The maximum atomic E-state index is 12.7. The van der Waals surface area contributed by atoms with Gasteiger partial charge in [-0.3, -0.25) is 5.32 Å². The molecule has 0 aromatic carbocycles. The van der Waals surface area contributed by atoms with Gasteiger partial charge in [-0.05, 0) is 50.0 Å². The van der Waals surface area contributed by atoms with Gasteiger partial charge in [-0.15, -0.1) is 0 Å². The molecule has 10 nitrogen and oxygen atoms in total. The Bertz CT molecular complexity index is 1100. The highest BCUT2D eigenvalue weighted by atomic mass is 16.5. The van der Waals surface area contributed by atoms with Gasteiger partial charge < -0.3 is 19.5 Å². The monoisotopic (exact) mass is 450 g/mol. The molecule has 174 valence electrons. The molecule has 0 unspecified atom stereocenters. The van der Waals surface area contributed by atoms with Crippen LogP contribution in [0.25, 0.3) is 11.0 Å². The number of carbonyl (C=O) groups excluding carboxylic acids is 1. The van der Waals surface area contributed by atoms with E-state index in [9.17, 15) is 4.79 Å². The summed E-state index contributed by atoms with van der Waals surface area (Å²) < 4.78 is 5.01.